The van der Waals surface area contributed by atoms with Gasteiger partial charge in [-0.3, -0.25) is 0 Å². The third kappa shape index (κ3) is 5.62. The number of rotatable bonds is 1. The fourth-order valence-electron chi connectivity index (χ4n) is 0.101. The van der Waals surface area contributed by atoms with Gasteiger partial charge in [-0.25, -0.2) is 4.21 Å². The maximum atomic E-state index is 9.97. The van der Waals surface area contributed by atoms with Crippen LogP contribution in [0.2, 0.25) is 0 Å². The molecule has 0 rings (SSSR count). The molecule has 1 N–H and O–H groups in total. The summed E-state index contributed by atoms with van der Waals surface area (Å²) in [6.45, 7) is 3.33. The van der Waals surface area contributed by atoms with Crippen LogP contribution in [0, 0.1) is 0 Å². The minimum absolute atomic E-state index is 0. The monoisotopic (exact) mass is 160 g/mol. The zero-order valence-electron chi connectivity index (χ0n) is 6.34. The van der Waals surface area contributed by atoms with E-state index in [2.05, 4.69) is 0 Å². The van der Waals surface area contributed by atoms with Crippen LogP contribution in [0.3, 0.4) is 0 Å². The fourth-order valence-corrected chi connectivity index (χ4v) is 0.302. The Labute approximate surface area is 95.9 Å². The normalized spacial score (nSPS) is 14.6. The molecule has 0 amide bonds. The smallest absolute Gasteiger partial charge is 1.00 e. The average Bonchev–Trinajstić information content (AvgIpc) is 1.65. The summed E-state index contributed by atoms with van der Waals surface area (Å²) in [5.41, 5.74) is 0. The molecule has 0 bridgehead atoms. The Morgan fingerprint density at radius 1 is 1.88 bits per heavy atom. The molecule has 4 heteroatoms. The van der Waals surface area contributed by atoms with Crippen LogP contribution in [0.1, 0.15) is 15.3 Å². The molecule has 0 radical (unpaired) electrons. The van der Waals surface area contributed by atoms with E-state index < -0.39 is 11.1 Å². The van der Waals surface area contributed by atoms with Gasteiger partial charge >= 0.3 is 51.4 Å². The van der Waals surface area contributed by atoms with Gasteiger partial charge in [0.25, 0.3) is 0 Å². The zero-order chi connectivity index (χ0) is 5.86. The quantitative estimate of drug-likeness (QED) is 0.365. The van der Waals surface area contributed by atoms with E-state index in [0.29, 0.717) is 4.91 Å². The van der Waals surface area contributed by atoms with Crippen LogP contribution < -0.4 is 51.4 Å². The molecule has 0 heterocycles. The second-order valence-corrected chi connectivity index (χ2v) is 2.29. The largest absolute Gasteiger partial charge is 1.00 e. The second kappa shape index (κ2) is 6.60. The van der Waals surface area contributed by atoms with Crippen LogP contribution in [0.5, 0.6) is 0 Å². The molecule has 0 fully saturated rings. The van der Waals surface area contributed by atoms with Crippen molar-refractivity contribution < 1.29 is 61.6 Å². The van der Waals surface area contributed by atoms with Gasteiger partial charge < -0.3 is 5.98 Å². The van der Waals surface area contributed by atoms with E-state index in [1.165, 1.54) is 0 Å². The van der Waals surface area contributed by atoms with Crippen LogP contribution in [-0.2, 0) is 11.1 Å². The van der Waals surface area contributed by atoms with Crippen LogP contribution >= 0.6 is 0 Å². The predicted octanol–water partition coefficient (Wildman–Crippen LogP) is -1.75. The van der Waals surface area contributed by atoms with Crippen LogP contribution in [0.4, 0.5) is 0 Å². The van der Waals surface area contributed by atoms with Gasteiger partial charge in [-0.2, -0.15) is 0 Å². The maximum Gasteiger partial charge on any atom is 1.00 e. The topological polar surface area (TPSA) is 37.3 Å². The molecule has 0 aliphatic rings. The van der Waals surface area contributed by atoms with E-state index in [1.807, 2.05) is 0 Å². The van der Waals surface area contributed by atoms with Gasteiger partial charge in [0.05, 0.1) is 0 Å². The number of hydrogen-bond acceptors (Lipinski definition) is 1. The Kier molecular flexibility index (Phi) is 10.1. The van der Waals surface area contributed by atoms with Gasteiger partial charge in [0.2, 0.25) is 0 Å². The first-order chi connectivity index (χ1) is 3.18. The molecule has 0 aliphatic carbocycles. The van der Waals surface area contributed by atoms with Crippen molar-refractivity contribution in [1.29, 1.82) is 0 Å². The van der Waals surface area contributed by atoms with E-state index in [1.54, 1.807) is 19.9 Å². The Hall–Kier alpha value is 1.49. The average molecular weight is 160 g/mol. The summed E-state index contributed by atoms with van der Waals surface area (Å²) in [6, 6.07) is 0. The summed E-state index contributed by atoms with van der Waals surface area (Å²) in [5, 5.41) is 0. The number of allylic oxidation sites excluding steroid dienone is 2. The van der Waals surface area contributed by atoms with Crippen molar-refractivity contribution in [3.05, 3.63) is 11.0 Å². The molecule has 0 aromatic rings. The van der Waals surface area contributed by atoms with Crippen LogP contribution in [-0.4, -0.2) is 8.76 Å². The van der Waals surface area contributed by atoms with Gasteiger partial charge in [0.1, 0.15) is 0 Å². The van der Waals surface area contributed by atoms with E-state index in [-0.39, 0.29) is 52.8 Å². The summed E-state index contributed by atoms with van der Waals surface area (Å²) in [5.74, 6) is 0. The first-order valence-corrected chi connectivity index (χ1v) is 3.03. The SMILES string of the molecule is CC=C(C)S(=O)O.[H-].[K+]. The second-order valence-electron chi connectivity index (χ2n) is 1.15. The molecule has 0 aromatic carbocycles. The minimum atomic E-state index is -1.75. The van der Waals surface area contributed by atoms with Crippen molar-refractivity contribution in [3.8, 4) is 0 Å². The molecular formula is C4H9KO2S. The summed E-state index contributed by atoms with van der Waals surface area (Å²) in [6.07, 6.45) is 1.61. The van der Waals surface area contributed by atoms with E-state index in [4.69, 9.17) is 4.55 Å². The van der Waals surface area contributed by atoms with E-state index in [9.17, 15) is 4.21 Å². The molecular weight excluding hydrogens is 151 g/mol. The standard InChI is InChI=1S/C4H8O2S.K.H/c1-3-4(2)7(5)6;;/h3H,1-2H3,(H,5,6);;/q;+1;-1. The van der Waals surface area contributed by atoms with Crippen LogP contribution in [0.15, 0.2) is 11.0 Å². The van der Waals surface area contributed by atoms with E-state index >= 15 is 0 Å². The molecule has 2 nitrogen and oxygen atoms in total. The van der Waals surface area contributed by atoms with Gasteiger partial charge in [0, 0.05) is 4.91 Å². The Morgan fingerprint density at radius 3 is 2.25 bits per heavy atom. The first kappa shape index (κ1) is 12.2. The molecule has 0 saturated carbocycles. The Bertz CT molecular complexity index is 115. The van der Waals surface area contributed by atoms with Crippen molar-refractivity contribution in [2.75, 3.05) is 0 Å². The van der Waals surface area contributed by atoms with Crippen molar-refractivity contribution in [1.82, 2.24) is 0 Å². The van der Waals surface area contributed by atoms with Crippen molar-refractivity contribution >= 4 is 11.1 Å². The molecule has 0 aromatic heterocycles. The minimum Gasteiger partial charge on any atom is -1.00 e. The zero-order valence-corrected chi connectivity index (χ0v) is 9.28. The summed E-state index contributed by atoms with van der Waals surface area (Å²) >= 11 is -1.75. The molecule has 8 heavy (non-hydrogen) atoms. The molecule has 44 valence electrons. The predicted molar refractivity (Wildman–Crippen MR) is 31.3 cm³/mol. The van der Waals surface area contributed by atoms with Crippen molar-refractivity contribution in [2.45, 2.75) is 13.8 Å². The van der Waals surface area contributed by atoms with Gasteiger partial charge in [0.15, 0.2) is 11.1 Å². The number of hydrogen-bond donors (Lipinski definition) is 1. The third-order valence-electron chi connectivity index (χ3n) is 0.682. The maximum absolute atomic E-state index is 9.97. The van der Waals surface area contributed by atoms with Crippen molar-refractivity contribution in [3.63, 3.8) is 0 Å². The Morgan fingerprint density at radius 2 is 2.25 bits per heavy atom. The molecule has 0 aliphatic heterocycles. The first-order valence-electron chi connectivity index (χ1n) is 1.92. The summed E-state index contributed by atoms with van der Waals surface area (Å²) in [7, 11) is 0. The Balaban J connectivity index is -0.000000180. The molecule has 1 atom stereocenters. The van der Waals surface area contributed by atoms with Gasteiger partial charge in [-0.1, -0.05) is 6.08 Å². The summed E-state index contributed by atoms with van der Waals surface area (Å²) < 4.78 is 18.2. The fraction of sp³-hybridized carbons (Fsp3) is 0.500. The summed E-state index contributed by atoms with van der Waals surface area (Å²) in [4.78, 5) is 0.500. The van der Waals surface area contributed by atoms with Gasteiger partial charge in [-0.05, 0) is 13.8 Å². The third-order valence-corrected chi connectivity index (χ3v) is 1.47. The van der Waals surface area contributed by atoms with Crippen molar-refractivity contribution in [2.24, 2.45) is 0 Å². The van der Waals surface area contributed by atoms with Crippen LogP contribution in [0.25, 0.3) is 0 Å². The molecule has 0 saturated heterocycles. The molecule has 0 spiro atoms. The van der Waals surface area contributed by atoms with E-state index in [0.717, 1.165) is 0 Å². The van der Waals surface area contributed by atoms with Gasteiger partial charge in [-0.15, -0.1) is 0 Å². The molecule has 1 unspecified atom stereocenters.